The molecule has 0 saturated heterocycles. The zero-order chi connectivity index (χ0) is 11.4. The quantitative estimate of drug-likeness (QED) is 0.931. The van der Waals surface area contributed by atoms with Gasteiger partial charge in [0.1, 0.15) is 12.1 Å². The van der Waals surface area contributed by atoms with E-state index in [1.807, 2.05) is 10.8 Å². The highest BCUT2D eigenvalue weighted by atomic mass is 79.9. The van der Waals surface area contributed by atoms with Crippen molar-refractivity contribution in [1.82, 2.24) is 19.5 Å². The molecule has 5 nitrogen and oxygen atoms in total. The third-order valence-corrected chi connectivity index (χ3v) is 2.67. The van der Waals surface area contributed by atoms with Crippen LogP contribution in [0.5, 0.6) is 0 Å². The molecule has 2 rings (SSSR count). The smallest absolute Gasteiger partial charge is 0.144 e. The van der Waals surface area contributed by atoms with E-state index in [1.165, 1.54) is 6.33 Å². The molecule has 0 aliphatic rings. The van der Waals surface area contributed by atoms with Gasteiger partial charge in [-0.3, -0.25) is 0 Å². The van der Waals surface area contributed by atoms with Gasteiger partial charge in [0.15, 0.2) is 0 Å². The molecule has 16 heavy (non-hydrogen) atoms. The van der Waals surface area contributed by atoms with Crippen molar-refractivity contribution in [2.24, 2.45) is 0 Å². The summed E-state index contributed by atoms with van der Waals surface area (Å²) in [5.74, 6) is 0.808. The number of aromatic nitrogens is 4. The molecule has 0 radical (unpaired) electrons. The number of nitrogens with one attached hydrogen (secondary N) is 1. The maximum atomic E-state index is 4.15. The molecular formula is C10H12BrN5. The molecule has 1 N–H and O–H groups in total. The Morgan fingerprint density at radius 1 is 1.50 bits per heavy atom. The fraction of sp³-hybridized carbons (Fsp3) is 0.300. The number of imidazole rings is 1. The highest BCUT2D eigenvalue weighted by Gasteiger charge is 2.06. The van der Waals surface area contributed by atoms with E-state index in [0.29, 0.717) is 0 Å². The Kier molecular flexibility index (Phi) is 3.51. The molecule has 0 aliphatic heterocycles. The molecule has 0 amide bonds. The number of anilines is 1. The van der Waals surface area contributed by atoms with Crippen molar-refractivity contribution < 1.29 is 0 Å². The lowest BCUT2D eigenvalue weighted by atomic mass is 10.3. The zero-order valence-corrected chi connectivity index (χ0v) is 10.4. The normalized spacial score (nSPS) is 12.4. The average Bonchev–Trinajstić information content (AvgIpc) is 2.74. The van der Waals surface area contributed by atoms with Gasteiger partial charge >= 0.3 is 0 Å². The number of hydrogen-bond donors (Lipinski definition) is 1. The van der Waals surface area contributed by atoms with Crippen LogP contribution in [0.4, 0.5) is 5.82 Å². The molecule has 1 atom stereocenters. The van der Waals surface area contributed by atoms with Gasteiger partial charge in [0.05, 0.1) is 10.8 Å². The van der Waals surface area contributed by atoms with E-state index < -0.39 is 0 Å². The monoisotopic (exact) mass is 281 g/mol. The Bertz CT molecular complexity index is 442. The molecule has 2 heterocycles. The van der Waals surface area contributed by atoms with Crippen molar-refractivity contribution in [3.05, 3.63) is 35.7 Å². The van der Waals surface area contributed by atoms with Gasteiger partial charge in [-0.25, -0.2) is 15.0 Å². The summed E-state index contributed by atoms with van der Waals surface area (Å²) < 4.78 is 2.89. The maximum absolute atomic E-state index is 4.15. The zero-order valence-electron chi connectivity index (χ0n) is 8.84. The summed E-state index contributed by atoms with van der Waals surface area (Å²) in [6.07, 6.45) is 8.75. The van der Waals surface area contributed by atoms with Crippen LogP contribution in [0.2, 0.25) is 0 Å². The molecular weight excluding hydrogens is 270 g/mol. The summed E-state index contributed by atoms with van der Waals surface area (Å²) in [4.78, 5) is 12.1. The van der Waals surface area contributed by atoms with E-state index in [0.717, 1.165) is 16.8 Å². The second kappa shape index (κ2) is 5.07. The molecule has 0 aliphatic carbocycles. The fourth-order valence-corrected chi connectivity index (χ4v) is 1.74. The van der Waals surface area contributed by atoms with Crippen LogP contribution < -0.4 is 5.32 Å². The van der Waals surface area contributed by atoms with Crippen molar-refractivity contribution in [1.29, 1.82) is 0 Å². The van der Waals surface area contributed by atoms with Gasteiger partial charge in [-0.1, -0.05) is 0 Å². The van der Waals surface area contributed by atoms with Crippen LogP contribution >= 0.6 is 15.9 Å². The number of halogens is 1. The summed E-state index contributed by atoms with van der Waals surface area (Å²) in [7, 11) is 0. The molecule has 0 unspecified atom stereocenters. The lowest BCUT2D eigenvalue weighted by Crippen LogP contribution is -2.22. The Hall–Kier alpha value is -1.43. The Balaban J connectivity index is 1.97. The van der Waals surface area contributed by atoms with E-state index in [2.05, 4.69) is 43.1 Å². The summed E-state index contributed by atoms with van der Waals surface area (Å²) >= 11 is 3.40. The van der Waals surface area contributed by atoms with Gasteiger partial charge in [0, 0.05) is 31.2 Å². The first kappa shape index (κ1) is 11.1. The van der Waals surface area contributed by atoms with E-state index in [1.54, 1.807) is 18.7 Å². The molecule has 0 fully saturated rings. The van der Waals surface area contributed by atoms with Crippen LogP contribution in [0.15, 0.2) is 35.7 Å². The minimum Gasteiger partial charge on any atom is -0.365 e. The second-order valence-electron chi connectivity index (χ2n) is 3.52. The Morgan fingerprint density at radius 3 is 3.06 bits per heavy atom. The predicted octanol–water partition coefficient (Wildman–Crippen LogP) is 1.94. The van der Waals surface area contributed by atoms with Gasteiger partial charge in [-0.15, -0.1) is 0 Å². The topological polar surface area (TPSA) is 55.6 Å². The second-order valence-corrected chi connectivity index (χ2v) is 4.38. The van der Waals surface area contributed by atoms with Gasteiger partial charge < -0.3 is 9.88 Å². The fourth-order valence-electron chi connectivity index (χ4n) is 1.41. The van der Waals surface area contributed by atoms with E-state index in [-0.39, 0.29) is 6.04 Å². The van der Waals surface area contributed by atoms with E-state index in [9.17, 15) is 0 Å². The van der Waals surface area contributed by atoms with Crippen molar-refractivity contribution >= 4 is 21.7 Å². The highest BCUT2D eigenvalue weighted by Crippen LogP contribution is 2.17. The van der Waals surface area contributed by atoms with Crippen LogP contribution in [0.3, 0.4) is 0 Å². The molecule has 0 spiro atoms. The molecule has 0 bridgehead atoms. The van der Waals surface area contributed by atoms with Crippen molar-refractivity contribution in [3.8, 4) is 0 Å². The van der Waals surface area contributed by atoms with Crippen molar-refractivity contribution in [2.75, 3.05) is 5.32 Å². The lowest BCUT2D eigenvalue weighted by Gasteiger charge is -2.15. The number of rotatable bonds is 4. The van der Waals surface area contributed by atoms with E-state index >= 15 is 0 Å². The van der Waals surface area contributed by atoms with Crippen LogP contribution in [-0.4, -0.2) is 25.6 Å². The molecule has 0 aromatic carbocycles. The van der Waals surface area contributed by atoms with Gasteiger partial charge in [-0.05, 0) is 22.9 Å². The van der Waals surface area contributed by atoms with E-state index in [4.69, 9.17) is 0 Å². The first-order valence-electron chi connectivity index (χ1n) is 4.93. The largest absolute Gasteiger partial charge is 0.365 e. The Morgan fingerprint density at radius 2 is 2.38 bits per heavy atom. The van der Waals surface area contributed by atoms with Crippen LogP contribution in [0.25, 0.3) is 0 Å². The van der Waals surface area contributed by atoms with Crippen LogP contribution in [0.1, 0.15) is 6.92 Å². The highest BCUT2D eigenvalue weighted by molar-refractivity contribution is 9.10. The molecule has 2 aromatic heterocycles. The van der Waals surface area contributed by atoms with Crippen LogP contribution in [-0.2, 0) is 6.54 Å². The molecule has 6 heteroatoms. The number of hydrogen-bond acceptors (Lipinski definition) is 4. The summed E-state index contributed by atoms with van der Waals surface area (Å²) in [6.45, 7) is 2.94. The average molecular weight is 282 g/mol. The standard InChI is InChI=1S/C10H12BrN5/c1-8(5-16-3-2-12-7-16)15-10-9(11)4-13-6-14-10/h2-4,6-8H,5H2,1H3,(H,13,14,15)/t8-/m0/s1. The predicted molar refractivity (Wildman–Crippen MR) is 65.0 cm³/mol. The van der Waals surface area contributed by atoms with Gasteiger partial charge in [0.2, 0.25) is 0 Å². The SMILES string of the molecule is C[C@@H](Cn1ccnc1)Nc1ncncc1Br. The van der Waals surface area contributed by atoms with Gasteiger partial charge in [0.25, 0.3) is 0 Å². The first-order valence-corrected chi connectivity index (χ1v) is 5.73. The lowest BCUT2D eigenvalue weighted by molar-refractivity contribution is 0.616. The molecule has 2 aromatic rings. The summed E-state index contributed by atoms with van der Waals surface area (Å²) in [5.41, 5.74) is 0. The summed E-state index contributed by atoms with van der Waals surface area (Å²) in [5, 5.41) is 3.30. The first-order chi connectivity index (χ1) is 7.75. The minimum absolute atomic E-state index is 0.264. The third-order valence-electron chi connectivity index (χ3n) is 2.09. The Labute approximate surface area is 102 Å². The summed E-state index contributed by atoms with van der Waals surface area (Å²) in [6, 6.07) is 0.264. The maximum Gasteiger partial charge on any atom is 0.144 e. The van der Waals surface area contributed by atoms with Crippen molar-refractivity contribution in [2.45, 2.75) is 19.5 Å². The molecule has 0 saturated carbocycles. The third kappa shape index (κ3) is 2.79. The van der Waals surface area contributed by atoms with Gasteiger partial charge in [-0.2, -0.15) is 0 Å². The van der Waals surface area contributed by atoms with Crippen LogP contribution in [0, 0.1) is 0 Å². The van der Waals surface area contributed by atoms with Crippen molar-refractivity contribution in [3.63, 3.8) is 0 Å². The molecule has 84 valence electrons. The minimum atomic E-state index is 0.264. The number of nitrogens with zero attached hydrogens (tertiary/aromatic N) is 4.